The van der Waals surface area contributed by atoms with E-state index in [4.69, 9.17) is 0 Å². The number of benzene rings is 1. The topological polar surface area (TPSA) is 41.4 Å². The Balaban J connectivity index is 1.75. The van der Waals surface area contributed by atoms with Crippen LogP contribution in [0, 0.1) is 0 Å². The van der Waals surface area contributed by atoms with E-state index in [1.54, 1.807) is 16.8 Å². The summed E-state index contributed by atoms with van der Waals surface area (Å²) in [6.45, 7) is 0.568. The molecule has 0 bridgehead atoms. The Morgan fingerprint density at radius 2 is 1.96 bits per heavy atom. The Morgan fingerprint density at radius 1 is 1.28 bits per heavy atom. The first kappa shape index (κ1) is 17.5. The minimum atomic E-state index is -4.51. The molecule has 1 aromatic carbocycles. The molecule has 2 heterocycles. The summed E-state index contributed by atoms with van der Waals surface area (Å²) in [5.41, 5.74) is -0.0172. The fraction of sp³-hybridized carbons (Fsp3) is 0.412. The van der Waals surface area contributed by atoms with E-state index in [-0.39, 0.29) is 18.0 Å². The third-order valence-electron chi connectivity index (χ3n) is 4.37. The number of amides is 1. The van der Waals surface area contributed by atoms with Crippen LogP contribution in [0.2, 0.25) is 0 Å². The van der Waals surface area contributed by atoms with Crippen molar-refractivity contribution in [1.82, 2.24) is 14.7 Å². The summed E-state index contributed by atoms with van der Waals surface area (Å²) < 4.78 is 40.4. The van der Waals surface area contributed by atoms with Gasteiger partial charge in [0.2, 0.25) is 5.91 Å². The molecule has 0 radical (unpaired) electrons. The predicted octanol–water partition coefficient (Wildman–Crippen LogP) is 2.68. The highest BCUT2D eigenvalue weighted by atomic mass is 19.4. The number of carbonyl (C=O) groups is 1. The summed E-state index contributed by atoms with van der Waals surface area (Å²) in [6.07, 6.45) is -2.58. The molecule has 1 aromatic heterocycles. The fourth-order valence-electron chi connectivity index (χ4n) is 3.21. The van der Waals surface area contributed by atoms with Gasteiger partial charge in [0, 0.05) is 37.6 Å². The highest BCUT2D eigenvalue weighted by molar-refractivity contribution is 5.99. The normalized spacial score (nSPS) is 18.4. The molecule has 3 rings (SSSR count). The highest BCUT2D eigenvalue weighted by Gasteiger charge is 2.39. The summed E-state index contributed by atoms with van der Waals surface area (Å²) in [5.74, 6) is -0.0915. The quantitative estimate of drug-likeness (QED) is 0.850. The van der Waals surface area contributed by atoms with Crippen molar-refractivity contribution in [3.63, 3.8) is 0 Å². The third-order valence-corrected chi connectivity index (χ3v) is 4.37. The summed E-state index contributed by atoms with van der Waals surface area (Å²) in [5, 5.41) is 3.51. The predicted molar refractivity (Wildman–Crippen MR) is 86.9 cm³/mol. The molecule has 1 aliphatic rings. The Kier molecular flexibility index (Phi) is 4.55. The first-order chi connectivity index (χ1) is 11.8. The van der Waals surface area contributed by atoms with Crippen molar-refractivity contribution in [1.29, 1.82) is 0 Å². The molecule has 1 fully saturated rings. The molecule has 8 heteroatoms. The number of anilines is 1. The lowest BCUT2D eigenvalue weighted by atomic mass is 10.1. The molecule has 134 valence electrons. The van der Waals surface area contributed by atoms with Crippen LogP contribution in [0.3, 0.4) is 0 Å². The van der Waals surface area contributed by atoms with Gasteiger partial charge < -0.3 is 4.90 Å². The lowest BCUT2D eigenvalue weighted by Crippen LogP contribution is -2.39. The van der Waals surface area contributed by atoms with Crippen molar-refractivity contribution >= 4 is 11.6 Å². The van der Waals surface area contributed by atoms with Crippen molar-refractivity contribution in [2.24, 2.45) is 7.05 Å². The number of rotatable bonds is 4. The van der Waals surface area contributed by atoms with E-state index in [1.807, 2.05) is 30.3 Å². The number of hydrogen-bond acceptors (Lipinski definition) is 3. The number of likely N-dealkylation sites (N-methyl/N-ethyl adjacent to an activating group) is 1. The molecular formula is C17H19F3N4O. The van der Waals surface area contributed by atoms with E-state index in [1.165, 1.54) is 13.2 Å². The molecule has 1 amide bonds. The number of halogens is 3. The van der Waals surface area contributed by atoms with Gasteiger partial charge in [-0.25, -0.2) is 0 Å². The maximum Gasteiger partial charge on any atom is 0.435 e. The van der Waals surface area contributed by atoms with Crippen LogP contribution >= 0.6 is 0 Å². The second kappa shape index (κ2) is 6.51. The van der Waals surface area contributed by atoms with Gasteiger partial charge >= 0.3 is 6.18 Å². The monoisotopic (exact) mass is 352 g/mol. The summed E-state index contributed by atoms with van der Waals surface area (Å²) in [6, 6.07) is 8.83. The summed E-state index contributed by atoms with van der Waals surface area (Å²) in [4.78, 5) is 16.0. The van der Waals surface area contributed by atoms with Crippen molar-refractivity contribution in [3.8, 4) is 0 Å². The largest absolute Gasteiger partial charge is 0.435 e. The van der Waals surface area contributed by atoms with Gasteiger partial charge in [-0.15, -0.1) is 0 Å². The number of alkyl halides is 3. The Morgan fingerprint density at radius 3 is 2.60 bits per heavy atom. The number of aromatic nitrogens is 2. The van der Waals surface area contributed by atoms with Gasteiger partial charge in [0.15, 0.2) is 5.69 Å². The van der Waals surface area contributed by atoms with E-state index >= 15 is 0 Å². The van der Waals surface area contributed by atoms with E-state index in [0.717, 1.165) is 10.4 Å². The van der Waals surface area contributed by atoms with Crippen LogP contribution in [0.5, 0.6) is 0 Å². The maximum absolute atomic E-state index is 13.1. The van der Waals surface area contributed by atoms with Crippen LogP contribution in [0.25, 0.3) is 0 Å². The Hall–Kier alpha value is -2.35. The van der Waals surface area contributed by atoms with Gasteiger partial charge in [0.05, 0.1) is 6.04 Å². The van der Waals surface area contributed by atoms with Crippen LogP contribution in [-0.4, -0.2) is 40.2 Å². The van der Waals surface area contributed by atoms with Gasteiger partial charge in [-0.2, -0.15) is 18.3 Å². The lowest BCUT2D eigenvalue weighted by molar-refractivity contribution is -0.142. The molecule has 25 heavy (non-hydrogen) atoms. The molecule has 0 aliphatic carbocycles. The van der Waals surface area contributed by atoms with Gasteiger partial charge in [-0.05, 0) is 25.6 Å². The molecule has 1 saturated heterocycles. The average molecular weight is 352 g/mol. The number of nitrogens with zero attached hydrogens (tertiary/aromatic N) is 4. The fourth-order valence-corrected chi connectivity index (χ4v) is 3.21. The lowest BCUT2D eigenvalue weighted by Gasteiger charge is -2.24. The highest BCUT2D eigenvalue weighted by Crippen LogP contribution is 2.32. The van der Waals surface area contributed by atoms with Gasteiger partial charge in [-0.3, -0.25) is 14.4 Å². The van der Waals surface area contributed by atoms with Crippen molar-refractivity contribution in [3.05, 3.63) is 47.8 Å². The molecule has 0 saturated carbocycles. The van der Waals surface area contributed by atoms with Gasteiger partial charge in [0.25, 0.3) is 0 Å². The number of para-hydroxylation sites is 1. The first-order valence-corrected chi connectivity index (χ1v) is 7.94. The zero-order chi connectivity index (χ0) is 18.2. The number of carbonyl (C=O) groups excluding carboxylic acids is 1. The second-order valence-corrected chi connectivity index (χ2v) is 6.22. The molecule has 5 nitrogen and oxygen atoms in total. The zero-order valence-electron chi connectivity index (χ0n) is 14.0. The van der Waals surface area contributed by atoms with E-state index in [0.29, 0.717) is 13.0 Å². The van der Waals surface area contributed by atoms with Gasteiger partial charge in [-0.1, -0.05) is 18.2 Å². The van der Waals surface area contributed by atoms with E-state index < -0.39 is 17.9 Å². The second-order valence-electron chi connectivity index (χ2n) is 6.22. The third kappa shape index (κ3) is 3.53. The van der Waals surface area contributed by atoms with Crippen molar-refractivity contribution in [2.75, 3.05) is 18.5 Å². The molecule has 1 unspecified atom stereocenters. The van der Waals surface area contributed by atoms with Crippen LogP contribution in [0.4, 0.5) is 18.9 Å². The molecule has 1 atom stereocenters. The zero-order valence-corrected chi connectivity index (χ0v) is 14.0. The van der Waals surface area contributed by atoms with Crippen LogP contribution < -0.4 is 4.90 Å². The smallest absolute Gasteiger partial charge is 0.311 e. The summed E-state index contributed by atoms with van der Waals surface area (Å²) >= 11 is 0. The van der Waals surface area contributed by atoms with Crippen LogP contribution in [0.1, 0.15) is 17.7 Å². The molecule has 0 spiro atoms. The molecular weight excluding hydrogens is 333 g/mol. The molecule has 0 N–H and O–H groups in total. The standard InChI is InChI=1S/C17H19F3N4O/c1-22(10-12-11-23(2)21-15(12)17(18,19)20)14-8-9-24(16(14)25)13-6-4-3-5-7-13/h3-7,11,14H,8-10H2,1-2H3. The molecule has 2 aromatic rings. The summed E-state index contributed by atoms with van der Waals surface area (Å²) in [7, 11) is 3.13. The number of hydrogen-bond donors (Lipinski definition) is 0. The maximum atomic E-state index is 13.1. The Bertz CT molecular complexity index is 757. The van der Waals surface area contributed by atoms with Crippen LogP contribution in [-0.2, 0) is 24.6 Å². The number of aryl methyl sites for hydroxylation is 1. The minimum absolute atomic E-state index is 0.0156. The van der Waals surface area contributed by atoms with E-state index in [9.17, 15) is 18.0 Å². The van der Waals surface area contributed by atoms with Crippen molar-refractivity contribution in [2.45, 2.75) is 25.2 Å². The first-order valence-electron chi connectivity index (χ1n) is 7.94. The van der Waals surface area contributed by atoms with Crippen LogP contribution in [0.15, 0.2) is 36.5 Å². The van der Waals surface area contributed by atoms with Crippen molar-refractivity contribution < 1.29 is 18.0 Å². The minimum Gasteiger partial charge on any atom is -0.311 e. The molecule has 1 aliphatic heterocycles. The van der Waals surface area contributed by atoms with Gasteiger partial charge in [0.1, 0.15) is 0 Å². The van der Waals surface area contributed by atoms with E-state index in [2.05, 4.69) is 5.10 Å². The Labute approximate surface area is 143 Å². The SMILES string of the molecule is CN(Cc1cn(C)nc1C(F)(F)F)C1CCN(c2ccccc2)C1=O. The average Bonchev–Trinajstić information content (AvgIpc) is 3.11.